The minimum atomic E-state index is 0.861. The molecule has 4 rings (SSSR count). The predicted molar refractivity (Wildman–Crippen MR) is 150 cm³/mol. The highest BCUT2D eigenvalue weighted by atomic mass is 16.5. The number of hydrogen-bond donors (Lipinski definition) is 0. The van der Waals surface area contributed by atoms with Crippen LogP contribution in [-0.2, 0) is 17.6 Å². The van der Waals surface area contributed by atoms with Crippen LogP contribution in [0.2, 0.25) is 0 Å². The highest BCUT2D eigenvalue weighted by Crippen LogP contribution is 2.24. The van der Waals surface area contributed by atoms with E-state index in [-0.39, 0.29) is 0 Å². The molecule has 0 unspecified atom stereocenters. The van der Waals surface area contributed by atoms with E-state index in [4.69, 9.17) is 4.74 Å². The van der Waals surface area contributed by atoms with Gasteiger partial charge >= 0.3 is 0 Å². The summed E-state index contributed by atoms with van der Waals surface area (Å²) < 4.78 is 5.94. The Morgan fingerprint density at radius 3 is 1.31 bits per heavy atom. The molecule has 0 saturated carbocycles. The number of ether oxygens (including phenoxy) is 1. The highest BCUT2D eigenvalue weighted by molar-refractivity contribution is 5.66. The lowest BCUT2D eigenvalue weighted by Gasteiger charge is -2.09. The van der Waals surface area contributed by atoms with Gasteiger partial charge in [-0.2, -0.15) is 0 Å². The fourth-order valence-electron chi connectivity index (χ4n) is 4.78. The first-order chi connectivity index (χ1) is 17.2. The van der Waals surface area contributed by atoms with Gasteiger partial charge in [-0.25, -0.2) is 0 Å². The van der Waals surface area contributed by atoms with Crippen molar-refractivity contribution in [2.45, 2.75) is 52.4 Å². The molecule has 0 amide bonds. The van der Waals surface area contributed by atoms with Crippen molar-refractivity contribution in [1.82, 2.24) is 0 Å². The molecule has 1 nitrogen and oxygen atoms in total. The molecule has 35 heavy (non-hydrogen) atoms. The fourth-order valence-corrected chi connectivity index (χ4v) is 4.78. The summed E-state index contributed by atoms with van der Waals surface area (Å²) in [7, 11) is 0. The first kappa shape index (κ1) is 24.9. The number of benzene rings is 4. The summed E-state index contributed by atoms with van der Waals surface area (Å²) in [5.74, 6) is 0. The zero-order chi connectivity index (χ0) is 24.3. The van der Waals surface area contributed by atoms with Gasteiger partial charge in [0, 0.05) is 13.2 Å². The van der Waals surface area contributed by atoms with Gasteiger partial charge in [0.2, 0.25) is 0 Å². The molecule has 1 heteroatoms. The molecule has 0 fully saturated rings. The molecule has 0 aliphatic heterocycles. The lowest BCUT2D eigenvalue weighted by molar-refractivity contribution is 0.127. The highest BCUT2D eigenvalue weighted by Gasteiger charge is 2.03. The van der Waals surface area contributed by atoms with Crippen molar-refractivity contribution in [3.05, 3.63) is 119 Å². The molecule has 0 heterocycles. The number of aryl methyl sites for hydroxylation is 4. The number of rotatable bonds is 12. The molecule has 4 aromatic rings. The summed E-state index contributed by atoms with van der Waals surface area (Å²) >= 11 is 0. The van der Waals surface area contributed by atoms with Crippen LogP contribution < -0.4 is 0 Å². The molecule has 0 aromatic heterocycles. The second kappa shape index (κ2) is 13.1. The van der Waals surface area contributed by atoms with Crippen LogP contribution in [0.4, 0.5) is 0 Å². The largest absolute Gasteiger partial charge is 0.381 e. The smallest absolute Gasteiger partial charge is 0.0466 e. The molecular weight excluding hydrogens is 424 g/mol. The minimum Gasteiger partial charge on any atom is -0.381 e. The average molecular weight is 463 g/mol. The van der Waals surface area contributed by atoms with Gasteiger partial charge in [0.25, 0.3) is 0 Å². The summed E-state index contributed by atoms with van der Waals surface area (Å²) in [6.07, 6.45) is 6.80. The molecule has 0 saturated heterocycles. The molecule has 0 radical (unpaired) electrons. The summed E-state index contributed by atoms with van der Waals surface area (Å²) in [5.41, 5.74) is 10.8. The van der Waals surface area contributed by atoms with E-state index in [0.29, 0.717) is 0 Å². The SMILES string of the molecule is Cc1cc(CCCCOCCCCc2cc(C)cc(-c3ccccc3)c2)cc(-c2ccccc2)c1. The van der Waals surface area contributed by atoms with Crippen LogP contribution in [0, 0.1) is 13.8 Å². The Labute approximate surface area is 211 Å². The third kappa shape index (κ3) is 7.94. The third-order valence-electron chi connectivity index (χ3n) is 6.50. The lowest BCUT2D eigenvalue weighted by atomic mass is 9.98. The molecule has 0 N–H and O–H groups in total. The van der Waals surface area contributed by atoms with Crippen LogP contribution in [0.15, 0.2) is 97.1 Å². The molecule has 180 valence electrons. The summed E-state index contributed by atoms with van der Waals surface area (Å²) in [6.45, 7) is 6.11. The molecule has 0 bridgehead atoms. The second-order valence-corrected chi connectivity index (χ2v) is 9.67. The van der Waals surface area contributed by atoms with Crippen molar-refractivity contribution in [2.75, 3.05) is 13.2 Å². The first-order valence-corrected chi connectivity index (χ1v) is 13.1. The summed E-state index contributed by atoms with van der Waals surface area (Å²) in [6, 6.07) is 35.2. The van der Waals surface area contributed by atoms with E-state index in [1.165, 1.54) is 57.3 Å². The van der Waals surface area contributed by atoms with Crippen LogP contribution in [0.3, 0.4) is 0 Å². The van der Waals surface area contributed by atoms with Crippen LogP contribution in [0.25, 0.3) is 22.3 Å². The summed E-state index contributed by atoms with van der Waals surface area (Å²) in [4.78, 5) is 0. The van der Waals surface area contributed by atoms with Gasteiger partial charge < -0.3 is 4.74 Å². The Morgan fingerprint density at radius 1 is 0.457 bits per heavy atom. The van der Waals surface area contributed by atoms with E-state index >= 15 is 0 Å². The van der Waals surface area contributed by atoms with Gasteiger partial charge in [-0.05, 0) is 85.8 Å². The fraction of sp³-hybridized carbons (Fsp3) is 0.294. The number of hydrogen-bond acceptors (Lipinski definition) is 1. The van der Waals surface area contributed by atoms with E-state index in [1.54, 1.807) is 0 Å². The van der Waals surface area contributed by atoms with Gasteiger partial charge in [-0.3, -0.25) is 0 Å². The second-order valence-electron chi connectivity index (χ2n) is 9.67. The van der Waals surface area contributed by atoms with Gasteiger partial charge in [-0.15, -0.1) is 0 Å². The first-order valence-electron chi connectivity index (χ1n) is 13.1. The van der Waals surface area contributed by atoms with Crippen molar-refractivity contribution in [1.29, 1.82) is 0 Å². The van der Waals surface area contributed by atoms with Crippen molar-refractivity contribution in [3.63, 3.8) is 0 Å². The van der Waals surface area contributed by atoms with Gasteiger partial charge in [-0.1, -0.05) is 108 Å². The monoisotopic (exact) mass is 462 g/mol. The van der Waals surface area contributed by atoms with Crippen LogP contribution >= 0.6 is 0 Å². The standard InChI is InChI=1S/C34H38O/c1-27-21-29(25-33(23-27)31-15-5-3-6-16-31)13-9-11-19-35-20-12-10-14-30-22-28(2)24-34(26-30)32-17-7-4-8-18-32/h3-8,15-18,21-26H,9-14,19-20H2,1-2H3. The predicted octanol–water partition coefficient (Wildman–Crippen LogP) is 9.00. The van der Waals surface area contributed by atoms with E-state index in [2.05, 4.69) is 111 Å². The molecule has 0 atom stereocenters. The van der Waals surface area contributed by atoms with Crippen LogP contribution in [0.5, 0.6) is 0 Å². The van der Waals surface area contributed by atoms with E-state index < -0.39 is 0 Å². The van der Waals surface area contributed by atoms with Gasteiger partial charge in [0.15, 0.2) is 0 Å². The zero-order valence-electron chi connectivity index (χ0n) is 21.3. The Bertz CT molecular complexity index is 1080. The Kier molecular flexibility index (Phi) is 9.32. The summed E-state index contributed by atoms with van der Waals surface area (Å²) in [5, 5.41) is 0. The molecule has 0 aliphatic carbocycles. The maximum atomic E-state index is 5.94. The van der Waals surface area contributed by atoms with Crippen LogP contribution in [-0.4, -0.2) is 13.2 Å². The van der Waals surface area contributed by atoms with Gasteiger partial charge in [0.05, 0.1) is 0 Å². The average Bonchev–Trinajstić information content (AvgIpc) is 2.88. The molecule has 0 spiro atoms. The topological polar surface area (TPSA) is 9.23 Å². The van der Waals surface area contributed by atoms with E-state index in [1.807, 2.05) is 0 Å². The minimum absolute atomic E-state index is 0.861. The lowest BCUT2D eigenvalue weighted by Crippen LogP contribution is -1.99. The third-order valence-corrected chi connectivity index (χ3v) is 6.50. The quantitative estimate of drug-likeness (QED) is 0.191. The Morgan fingerprint density at radius 2 is 0.886 bits per heavy atom. The van der Waals surface area contributed by atoms with Crippen molar-refractivity contribution >= 4 is 0 Å². The van der Waals surface area contributed by atoms with Gasteiger partial charge in [0.1, 0.15) is 0 Å². The van der Waals surface area contributed by atoms with E-state index in [0.717, 1.165) is 38.9 Å². The Balaban J connectivity index is 1.13. The molecular formula is C34H38O. The maximum Gasteiger partial charge on any atom is 0.0466 e. The normalized spacial score (nSPS) is 11.0. The Hall–Kier alpha value is -3.16. The van der Waals surface area contributed by atoms with Crippen LogP contribution in [0.1, 0.15) is 47.9 Å². The maximum absolute atomic E-state index is 5.94. The molecule has 4 aromatic carbocycles. The number of unbranched alkanes of at least 4 members (excludes halogenated alkanes) is 2. The van der Waals surface area contributed by atoms with E-state index in [9.17, 15) is 0 Å². The molecule has 0 aliphatic rings. The van der Waals surface area contributed by atoms with Crippen molar-refractivity contribution in [2.24, 2.45) is 0 Å². The zero-order valence-corrected chi connectivity index (χ0v) is 21.3. The van der Waals surface area contributed by atoms with Crippen molar-refractivity contribution in [3.8, 4) is 22.3 Å². The van der Waals surface area contributed by atoms with Crippen molar-refractivity contribution < 1.29 is 4.74 Å².